The highest BCUT2D eigenvalue weighted by Gasteiger charge is 2.33. The number of nitrogens with one attached hydrogen (secondary N) is 2. The SMILES string of the molecule is C[C@]1(OF)CCCN(c2ccc(Nc3nc(-c4ccc(C=N)c(N)c4)cn4ccnc34)cn2)C1. The van der Waals surface area contributed by atoms with Gasteiger partial charge in [0, 0.05) is 48.2 Å². The third kappa shape index (κ3) is 4.15. The zero-order valence-corrected chi connectivity index (χ0v) is 18.7. The van der Waals surface area contributed by atoms with Crippen LogP contribution >= 0.6 is 0 Å². The van der Waals surface area contributed by atoms with E-state index in [0.29, 0.717) is 41.4 Å². The maximum absolute atomic E-state index is 13.0. The number of aromatic nitrogens is 4. The van der Waals surface area contributed by atoms with E-state index in [4.69, 9.17) is 16.1 Å². The Morgan fingerprint density at radius 1 is 1.26 bits per heavy atom. The van der Waals surface area contributed by atoms with E-state index < -0.39 is 5.60 Å². The first-order chi connectivity index (χ1) is 16.5. The lowest BCUT2D eigenvalue weighted by atomic mass is 9.95. The molecule has 1 saturated heterocycles. The van der Waals surface area contributed by atoms with Crippen molar-refractivity contribution in [1.29, 1.82) is 5.41 Å². The highest BCUT2D eigenvalue weighted by Crippen LogP contribution is 2.30. The number of nitrogens with zero attached hydrogens (tertiary/aromatic N) is 5. The Bertz CT molecular complexity index is 1340. The number of nitrogen functional groups attached to an aromatic ring is 1. The van der Waals surface area contributed by atoms with Crippen molar-refractivity contribution >= 4 is 34.9 Å². The van der Waals surface area contributed by atoms with Gasteiger partial charge in [-0.3, -0.25) is 0 Å². The third-order valence-electron chi connectivity index (χ3n) is 6.09. The van der Waals surface area contributed by atoms with Gasteiger partial charge in [0.1, 0.15) is 11.4 Å². The molecule has 4 N–H and O–H groups in total. The molecule has 4 aromatic rings. The maximum atomic E-state index is 13.0. The molecule has 0 bridgehead atoms. The van der Waals surface area contributed by atoms with Crippen LogP contribution in [0, 0.1) is 5.41 Å². The molecule has 174 valence electrons. The molecular weight excluding hydrogens is 435 g/mol. The Morgan fingerprint density at radius 2 is 2.15 bits per heavy atom. The van der Waals surface area contributed by atoms with E-state index in [0.717, 1.165) is 30.0 Å². The second-order valence-electron chi connectivity index (χ2n) is 8.70. The lowest BCUT2D eigenvalue weighted by Crippen LogP contribution is -2.47. The Morgan fingerprint density at radius 3 is 2.88 bits per heavy atom. The molecule has 0 aliphatic carbocycles. The van der Waals surface area contributed by atoms with Gasteiger partial charge in [0.15, 0.2) is 11.5 Å². The third-order valence-corrected chi connectivity index (χ3v) is 6.09. The van der Waals surface area contributed by atoms with E-state index in [1.54, 1.807) is 31.5 Å². The van der Waals surface area contributed by atoms with Crippen molar-refractivity contribution in [2.24, 2.45) is 0 Å². The Kier molecular flexibility index (Phi) is 5.58. The van der Waals surface area contributed by atoms with Gasteiger partial charge >= 0.3 is 0 Å². The zero-order chi connectivity index (χ0) is 23.7. The Hall–Kier alpha value is -4.05. The van der Waals surface area contributed by atoms with Crippen molar-refractivity contribution in [1.82, 2.24) is 19.4 Å². The van der Waals surface area contributed by atoms with Crippen LogP contribution in [-0.2, 0) is 4.94 Å². The molecule has 4 heterocycles. The van der Waals surface area contributed by atoms with E-state index in [-0.39, 0.29) is 0 Å². The van der Waals surface area contributed by atoms with Crippen LogP contribution in [0.4, 0.5) is 27.5 Å². The molecule has 1 aliphatic heterocycles. The number of anilines is 4. The molecule has 1 aliphatic rings. The summed E-state index contributed by atoms with van der Waals surface area (Å²) in [4.78, 5) is 20.0. The summed E-state index contributed by atoms with van der Waals surface area (Å²) in [5, 5.41) is 10.8. The van der Waals surface area contributed by atoms with Crippen molar-refractivity contribution in [3.8, 4) is 11.3 Å². The first-order valence-corrected chi connectivity index (χ1v) is 11.0. The van der Waals surface area contributed by atoms with Crippen LogP contribution in [0.3, 0.4) is 0 Å². The van der Waals surface area contributed by atoms with Gasteiger partial charge in [-0.2, -0.15) is 4.94 Å². The fraction of sp³-hybridized carbons (Fsp3) is 0.250. The molecule has 10 heteroatoms. The highest BCUT2D eigenvalue weighted by molar-refractivity contribution is 5.87. The van der Waals surface area contributed by atoms with Gasteiger partial charge in [0.2, 0.25) is 0 Å². The summed E-state index contributed by atoms with van der Waals surface area (Å²) in [7, 11) is 0. The molecule has 0 unspecified atom stereocenters. The molecule has 0 saturated carbocycles. The number of imidazole rings is 1. The number of rotatable bonds is 6. The number of piperidine rings is 1. The van der Waals surface area contributed by atoms with Crippen molar-refractivity contribution in [2.75, 3.05) is 29.0 Å². The molecule has 3 aromatic heterocycles. The average molecular weight is 461 g/mol. The lowest BCUT2D eigenvalue weighted by Gasteiger charge is -2.37. The number of halogens is 1. The summed E-state index contributed by atoms with van der Waals surface area (Å²) >= 11 is 0. The molecule has 9 nitrogen and oxygen atoms in total. The number of hydrogen-bond acceptors (Lipinski definition) is 8. The number of nitrogens with two attached hydrogens (primary N) is 1. The molecule has 0 amide bonds. The van der Waals surface area contributed by atoms with Crippen LogP contribution in [-0.4, -0.2) is 44.3 Å². The van der Waals surface area contributed by atoms with Crippen LogP contribution in [0.5, 0.6) is 0 Å². The van der Waals surface area contributed by atoms with Gasteiger partial charge in [-0.05, 0) is 42.5 Å². The van der Waals surface area contributed by atoms with Crippen LogP contribution in [0.15, 0.2) is 55.1 Å². The van der Waals surface area contributed by atoms with Gasteiger partial charge < -0.3 is 25.8 Å². The summed E-state index contributed by atoms with van der Waals surface area (Å²) in [5.74, 6) is 1.34. The maximum Gasteiger partial charge on any atom is 0.180 e. The predicted molar refractivity (Wildman–Crippen MR) is 130 cm³/mol. The second kappa shape index (κ2) is 8.71. The molecule has 34 heavy (non-hydrogen) atoms. The summed E-state index contributed by atoms with van der Waals surface area (Å²) in [5.41, 5.74) is 9.39. The van der Waals surface area contributed by atoms with Gasteiger partial charge in [-0.25, -0.2) is 15.0 Å². The van der Waals surface area contributed by atoms with Crippen LogP contribution < -0.4 is 16.0 Å². The smallest absolute Gasteiger partial charge is 0.180 e. The largest absolute Gasteiger partial charge is 0.398 e. The quantitative estimate of drug-likeness (QED) is 0.289. The van der Waals surface area contributed by atoms with Crippen molar-refractivity contribution in [3.05, 3.63) is 60.7 Å². The van der Waals surface area contributed by atoms with E-state index >= 15 is 0 Å². The van der Waals surface area contributed by atoms with Crippen molar-refractivity contribution < 1.29 is 9.47 Å². The molecular formula is C24H25FN8O. The standard InChI is InChI=1S/C24H25FN8O/c1-24(34-25)7-2-9-33(15-24)21-6-5-18(13-29-21)30-22-23-28-8-10-32(23)14-20(31-22)16-3-4-17(12-26)19(27)11-16/h3-6,8,10-14,26H,2,7,9,15,27H2,1H3,(H,30,31)/t24-/m0/s1. The van der Waals surface area contributed by atoms with Crippen LogP contribution in [0.2, 0.25) is 0 Å². The van der Waals surface area contributed by atoms with Crippen molar-refractivity contribution in [3.63, 3.8) is 0 Å². The van der Waals surface area contributed by atoms with Crippen LogP contribution in [0.25, 0.3) is 16.9 Å². The van der Waals surface area contributed by atoms with Gasteiger partial charge in [0.25, 0.3) is 0 Å². The number of benzene rings is 1. The monoisotopic (exact) mass is 460 g/mol. The van der Waals surface area contributed by atoms with E-state index in [1.165, 1.54) is 6.21 Å². The fourth-order valence-corrected chi connectivity index (χ4v) is 4.27. The van der Waals surface area contributed by atoms with E-state index in [9.17, 15) is 4.53 Å². The minimum Gasteiger partial charge on any atom is -0.398 e. The minimum absolute atomic E-state index is 0.446. The van der Waals surface area contributed by atoms with Crippen molar-refractivity contribution in [2.45, 2.75) is 25.4 Å². The summed E-state index contributed by atoms with van der Waals surface area (Å²) in [6.45, 7) is 3.02. The molecule has 1 aromatic carbocycles. The van der Waals surface area contributed by atoms with E-state index in [2.05, 4.69) is 20.2 Å². The average Bonchev–Trinajstić information content (AvgIpc) is 3.34. The second-order valence-corrected chi connectivity index (χ2v) is 8.70. The normalized spacial score (nSPS) is 18.2. The van der Waals surface area contributed by atoms with Gasteiger partial charge in [0.05, 0.1) is 24.1 Å². The number of fused-ring (bicyclic) bond motifs is 1. The predicted octanol–water partition coefficient (Wildman–Crippen LogP) is 4.37. The first kappa shape index (κ1) is 21.8. The van der Waals surface area contributed by atoms with Crippen LogP contribution in [0.1, 0.15) is 25.3 Å². The lowest BCUT2D eigenvalue weighted by molar-refractivity contribution is -0.231. The molecule has 0 radical (unpaired) electrons. The fourth-order valence-electron chi connectivity index (χ4n) is 4.27. The summed E-state index contributed by atoms with van der Waals surface area (Å²) in [6.07, 6.45) is 9.91. The highest BCUT2D eigenvalue weighted by atomic mass is 19.3. The van der Waals surface area contributed by atoms with E-state index in [1.807, 2.05) is 39.9 Å². The van der Waals surface area contributed by atoms with Gasteiger partial charge in [-0.15, -0.1) is 0 Å². The van der Waals surface area contributed by atoms with Gasteiger partial charge in [-0.1, -0.05) is 12.1 Å². The topological polar surface area (TPSA) is 117 Å². The Labute approximate surface area is 195 Å². The summed E-state index contributed by atoms with van der Waals surface area (Å²) in [6, 6.07) is 9.30. The molecule has 0 spiro atoms. The number of hydrogen-bond donors (Lipinski definition) is 3. The Balaban J connectivity index is 1.42. The molecule has 5 rings (SSSR count). The summed E-state index contributed by atoms with van der Waals surface area (Å²) < 4.78 is 14.9. The zero-order valence-electron chi connectivity index (χ0n) is 18.7. The first-order valence-electron chi connectivity index (χ1n) is 11.0. The molecule has 1 fully saturated rings. The number of pyridine rings is 1. The molecule has 1 atom stereocenters. The minimum atomic E-state index is -0.812.